The Hall–Kier alpha value is -1.50. The van der Waals surface area contributed by atoms with E-state index < -0.39 is 5.97 Å². The molecule has 0 unspecified atom stereocenters. The molecule has 0 fully saturated rings. The van der Waals surface area contributed by atoms with Gasteiger partial charge in [-0.25, -0.2) is 4.79 Å². The van der Waals surface area contributed by atoms with Gasteiger partial charge in [-0.05, 0) is 13.3 Å². The van der Waals surface area contributed by atoms with Crippen LogP contribution in [0.2, 0.25) is 0 Å². The van der Waals surface area contributed by atoms with Gasteiger partial charge >= 0.3 is 5.97 Å². The summed E-state index contributed by atoms with van der Waals surface area (Å²) in [6.07, 6.45) is 10.7. The van der Waals surface area contributed by atoms with E-state index in [4.69, 9.17) is 14.7 Å². The van der Waals surface area contributed by atoms with Gasteiger partial charge in [-0.3, -0.25) is 0 Å². The van der Waals surface area contributed by atoms with Gasteiger partial charge in [-0.2, -0.15) is 5.26 Å². The monoisotopic (exact) mass is 281 g/mol. The van der Waals surface area contributed by atoms with E-state index in [1.807, 2.05) is 0 Å². The fourth-order valence-corrected chi connectivity index (χ4v) is 1.77. The zero-order valence-electron chi connectivity index (χ0n) is 12.8. The molecule has 0 saturated carbocycles. The summed E-state index contributed by atoms with van der Waals surface area (Å²) in [4.78, 5) is 11.5. The summed E-state index contributed by atoms with van der Waals surface area (Å²) in [6.45, 7) is 4.80. The summed E-state index contributed by atoms with van der Waals surface area (Å²) in [5.41, 5.74) is -0.0774. The van der Waals surface area contributed by atoms with Crippen LogP contribution in [-0.4, -0.2) is 19.2 Å². The number of ether oxygens (including phenoxy) is 2. The molecule has 0 rings (SSSR count). The van der Waals surface area contributed by atoms with Gasteiger partial charge in [-0.1, -0.05) is 51.9 Å². The minimum Gasteiger partial charge on any atom is -0.500 e. The van der Waals surface area contributed by atoms with Crippen molar-refractivity contribution < 1.29 is 14.3 Å². The van der Waals surface area contributed by atoms with Crippen molar-refractivity contribution in [2.75, 3.05) is 13.2 Å². The molecule has 0 aliphatic rings. The number of hydrogen-bond acceptors (Lipinski definition) is 4. The molecule has 0 bridgehead atoms. The molecular formula is C16H27NO3. The number of rotatable bonds is 12. The molecule has 0 aliphatic carbocycles. The summed E-state index contributed by atoms with van der Waals surface area (Å²) in [5, 5.41) is 8.77. The fraction of sp³-hybridized carbons (Fsp3) is 0.750. The van der Waals surface area contributed by atoms with Crippen molar-refractivity contribution in [1.29, 1.82) is 5.26 Å². The third-order valence-electron chi connectivity index (χ3n) is 2.94. The number of hydrogen-bond donors (Lipinski definition) is 0. The first-order chi connectivity index (χ1) is 9.76. The maximum absolute atomic E-state index is 11.5. The Morgan fingerprint density at radius 2 is 1.65 bits per heavy atom. The van der Waals surface area contributed by atoms with Gasteiger partial charge in [0.1, 0.15) is 12.3 Å². The summed E-state index contributed by atoms with van der Waals surface area (Å²) in [6, 6.07) is 1.78. The van der Waals surface area contributed by atoms with E-state index in [0.29, 0.717) is 13.2 Å². The molecule has 0 saturated heterocycles. The predicted molar refractivity (Wildman–Crippen MR) is 78.9 cm³/mol. The average molecular weight is 281 g/mol. The Kier molecular flexibility index (Phi) is 12.9. The van der Waals surface area contributed by atoms with Crippen LogP contribution in [0.1, 0.15) is 65.2 Å². The number of carbonyl (C=O) groups excluding carboxylic acids is 1. The van der Waals surface area contributed by atoms with E-state index >= 15 is 0 Å². The molecule has 0 aliphatic heterocycles. The van der Waals surface area contributed by atoms with Crippen LogP contribution in [-0.2, 0) is 14.3 Å². The zero-order chi connectivity index (χ0) is 15.1. The van der Waals surface area contributed by atoms with Gasteiger partial charge < -0.3 is 9.47 Å². The highest BCUT2D eigenvalue weighted by molar-refractivity contribution is 5.92. The fourth-order valence-electron chi connectivity index (χ4n) is 1.77. The molecule has 0 aromatic carbocycles. The van der Waals surface area contributed by atoms with E-state index in [1.165, 1.54) is 38.5 Å². The third-order valence-corrected chi connectivity index (χ3v) is 2.94. The molecule has 0 radical (unpaired) electrons. The van der Waals surface area contributed by atoms with Gasteiger partial charge in [0.15, 0.2) is 5.57 Å². The van der Waals surface area contributed by atoms with Crippen LogP contribution in [0, 0.1) is 11.3 Å². The molecule has 114 valence electrons. The van der Waals surface area contributed by atoms with E-state index in [2.05, 4.69) is 6.92 Å². The van der Waals surface area contributed by atoms with E-state index in [0.717, 1.165) is 19.1 Å². The lowest BCUT2D eigenvalue weighted by molar-refractivity contribution is -0.138. The van der Waals surface area contributed by atoms with Gasteiger partial charge in [0.25, 0.3) is 0 Å². The first-order valence-corrected chi connectivity index (χ1v) is 7.65. The molecule has 0 spiro atoms. The van der Waals surface area contributed by atoms with Crippen LogP contribution in [0.25, 0.3) is 0 Å². The lowest BCUT2D eigenvalue weighted by atomic mass is 10.1. The van der Waals surface area contributed by atoms with Gasteiger partial charge in [0.2, 0.25) is 0 Å². The predicted octanol–water partition coefficient (Wildman–Crippen LogP) is 4.11. The Bertz CT molecular complexity index is 318. The largest absolute Gasteiger partial charge is 0.500 e. The average Bonchev–Trinajstić information content (AvgIpc) is 2.46. The van der Waals surface area contributed by atoms with E-state index in [9.17, 15) is 4.79 Å². The molecular weight excluding hydrogens is 254 g/mol. The molecule has 20 heavy (non-hydrogen) atoms. The number of unbranched alkanes of at least 4 members (excludes halogenated alkanes) is 7. The molecule has 0 heterocycles. The number of esters is 1. The molecule has 0 aromatic rings. The molecule has 0 atom stereocenters. The molecule has 4 nitrogen and oxygen atoms in total. The lowest BCUT2D eigenvalue weighted by Crippen LogP contribution is -2.08. The minimum atomic E-state index is -0.594. The third kappa shape index (κ3) is 10.4. The summed E-state index contributed by atoms with van der Waals surface area (Å²) >= 11 is 0. The van der Waals surface area contributed by atoms with Crippen molar-refractivity contribution in [1.82, 2.24) is 0 Å². The lowest BCUT2D eigenvalue weighted by Gasteiger charge is -2.04. The highest BCUT2D eigenvalue weighted by Gasteiger charge is 2.10. The SMILES string of the molecule is CCCCCCCCCCOC(=O)/C(C#N)=C/OCC. The Morgan fingerprint density at radius 3 is 2.20 bits per heavy atom. The van der Waals surface area contributed by atoms with Gasteiger partial charge in [0.05, 0.1) is 13.2 Å². The van der Waals surface area contributed by atoms with Crippen LogP contribution in [0.15, 0.2) is 11.8 Å². The van der Waals surface area contributed by atoms with E-state index in [-0.39, 0.29) is 5.57 Å². The summed E-state index contributed by atoms with van der Waals surface area (Å²) in [7, 11) is 0. The number of carbonyl (C=O) groups is 1. The molecule has 0 amide bonds. The van der Waals surface area contributed by atoms with Gasteiger partial charge in [-0.15, -0.1) is 0 Å². The smallest absolute Gasteiger partial charge is 0.352 e. The van der Waals surface area contributed by atoms with Crippen LogP contribution in [0.4, 0.5) is 0 Å². The second-order valence-electron chi connectivity index (χ2n) is 4.71. The first kappa shape index (κ1) is 18.5. The highest BCUT2D eigenvalue weighted by atomic mass is 16.5. The normalized spacial score (nSPS) is 10.9. The van der Waals surface area contributed by atoms with Crippen molar-refractivity contribution >= 4 is 5.97 Å². The van der Waals surface area contributed by atoms with Crippen LogP contribution in [0.5, 0.6) is 0 Å². The molecule has 0 aromatic heterocycles. The van der Waals surface area contributed by atoms with Crippen molar-refractivity contribution in [3.63, 3.8) is 0 Å². The second kappa shape index (κ2) is 13.9. The van der Waals surface area contributed by atoms with Crippen molar-refractivity contribution in [2.24, 2.45) is 0 Å². The van der Waals surface area contributed by atoms with Crippen LogP contribution < -0.4 is 0 Å². The molecule has 4 heteroatoms. The van der Waals surface area contributed by atoms with Crippen molar-refractivity contribution in [3.05, 3.63) is 11.8 Å². The Labute approximate surface area is 122 Å². The van der Waals surface area contributed by atoms with Gasteiger partial charge in [0, 0.05) is 0 Å². The van der Waals surface area contributed by atoms with Crippen LogP contribution in [0.3, 0.4) is 0 Å². The van der Waals surface area contributed by atoms with Crippen molar-refractivity contribution in [3.8, 4) is 6.07 Å². The quantitative estimate of drug-likeness (QED) is 0.177. The Morgan fingerprint density at radius 1 is 1.05 bits per heavy atom. The number of nitrogens with zero attached hydrogens (tertiary/aromatic N) is 1. The summed E-state index contributed by atoms with van der Waals surface area (Å²) < 4.78 is 9.94. The maximum atomic E-state index is 11.5. The minimum absolute atomic E-state index is 0.0774. The standard InChI is InChI=1S/C16H27NO3/c1-3-5-6-7-8-9-10-11-12-20-16(18)15(13-17)14-19-4-2/h14H,3-12H2,1-2H3/b15-14+. The first-order valence-electron chi connectivity index (χ1n) is 7.65. The molecule has 0 N–H and O–H groups in total. The zero-order valence-corrected chi connectivity index (χ0v) is 12.8. The summed E-state index contributed by atoms with van der Waals surface area (Å²) in [5.74, 6) is -0.594. The topological polar surface area (TPSA) is 59.3 Å². The number of nitriles is 1. The van der Waals surface area contributed by atoms with Crippen LogP contribution >= 0.6 is 0 Å². The van der Waals surface area contributed by atoms with E-state index in [1.54, 1.807) is 13.0 Å². The second-order valence-corrected chi connectivity index (χ2v) is 4.71. The highest BCUT2D eigenvalue weighted by Crippen LogP contribution is 2.08. The maximum Gasteiger partial charge on any atom is 0.352 e. The Balaban J connectivity index is 3.54. The van der Waals surface area contributed by atoms with Crippen molar-refractivity contribution in [2.45, 2.75) is 65.2 Å².